The Bertz CT molecular complexity index is 443. The normalized spacial score (nSPS) is 23.5. The maximum Gasteiger partial charge on any atom is 0.129 e. The summed E-state index contributed by atoms with van der Waals surface area (Å²) in [7, 11) is 4.10. The maximum atomic E-state index is 14.1. The summed E-state index contributed by atoms with van der Waals surface area (Å²) in [6.07, 6.45) is 0. The Morgan fingerprint density at radius 3 is 2.79 bits per heavy atom. The number of hydrogen-bond acceptors (Lipinski definition) is 4. The van der Waals surface area contributed by atoms with Crippen LogP contribution in [0.5, 0.6) is 0 Å². The molecule has 2 atom stereocenters. The summed E-state index contributed by atoms with van der Waals surface area (Å²) >= 11 is 5.79. The minimum Gasteiger partial charge on any atom is -0.303 e. The molecule has 6 heteroatoms. The van der Waals surface area contributed by atoms with Crippen LogP contribution in [0.4, 0.5) is 4.39 Å². The van der Waals surface area contributed by atoms with Crippen molar-refractivity contribution in [3.63, 3.8) is 0 Å². The topological polar surface area (TPSA) is 44.5 Å². The van der Waals surface area contributed by atoms with Crippen LogP contribution in [-0.2, 0) is 0 Å². The van der Waals surface area contributed by atoms with Crippen LogP contribution in [0.15, 0.2) is 18.2 Å². The van der Waals surface area contributed by atoms with Crippen molar-refractivity contribution in [1.29, 1.82) is 0 Å². The van der Waals surface area contributed by atoms with E-state index in [1.54, 1.807) is 12.1 Å². The van der Waals surface area contributed by atoms with E-state index in [1.807, 2.05) is 7.05 Å². The summed E-state index contributed by atoms with van der Waals surface area (Å²) in [5, 5.41) is 0.395. The highest BCUT2D eigenvalue weighted by atomic mass is 35.5. The second-order valence-electron chi connectivity index (χ2n) is 5.12. The predicted octanol–water partition coefficient (Wildman–Crippen LogP) is 1.23. The Morgan fingerprint density at radius 2 is 2.16 bits per heavy atom. The number of nitrogens with one attached hydrogen (secondary N) is 1. The van der Waals surface area contributed by atoms with Crippen LogP contribution in [0.25, 0.3) is 0 Å². The van der Waals surface area contributed by atoms with Gasteiger partial charge in [-0.3, -0.25) is 16.2 Å². The second-order valence-corrected chi connectivity index (χ2v) is 5.56. The molecule has 3 N–H and O–H groups in total. The van der Waals surface area contributed by atoms with Crippen LogP contribution in [0.3, 0.4) is 0 Å². The van der Waals surface area contributed by atoms with Crippen molar-refractivity contribution in [3.05, 3.63) is 34.6 Å². The number of nitrogens with two attached hydrogens (primary N) is 1. The lowest BCUT2D eigenvalue weighted by Gasteiger charge is -2.41. The van der Waals surface area contributed by atoms with Crippen LogP contribution in [0.2, 0.25) is 5.02 Å². The smallest absolute Gasteiger partial charge is 0.129 e. The van der Waals surface area contributed by atoms with Crippen molar-refractivity contribution in [2.45, 2.75) is 12.1 Å². The number of likely N-dealkylation sites (N-methyl/N-ethyl adjacent to an activating group) is 2. The average molecular weight is 287 g/mol. The van der Waals surface area contributed by atoms with E-state index in [0.29, 0.717) is 10.6 Å². The van der Waals surface area contributed by atoms with Crippen molar-refractivity contribution < 1.29 is 4.39 Å². The second kappa shape index (κ2) is 6.15. The number of hydrogen-bond donors (Lipinski definition) is 2. The van der Waals surface area contributed by atoms with Crippen molar-refractivity contribution in [2.75, 3.05) is 33.7 Å². The molecule has 0 bridgehead atoms. The van der Waals surface area contributed by atoms with Crippen molar-refractivity contribution in [3.8, 4) is 0 Å². The molecule has 1 heterocycles. The first-order valence-corrected chi connectivity index (χ1v) is 6.70. The maximum absolute atomic E-state index is 14.1. The fourth-order valence-corrected chi connectivity index (χ4v) is 2.72. The lowest BCUT2D eigenvalue weighted by atomic mass is 9.96. The molecule has 4 nitrogen and oxygen atoms in total. The molecule has 1 aromatic rings. The highest BCUT2D eigenvalue weighted by Crippen LogP contribution is 2.26. The molecule has 0 aliphatic carbocycles. The Hall–Kier alpha value is -0.720. The summed E-state index contributed by atoms with van der Waals surface area (Å²) < 4.78 is 14.1. The first kappa shape index (κ1) is 14.7. The summed E-state index contributed by atoms with van der Waals surface area (Å²) in [6, 6.07) is 4.58. The van der Waals surface area contributed by atoms with Crippen molar-refractivity contribution in [2.24, 2.45) is 5.84 Å². The molecule has 1 aromatic carbocycles. The van der Waals surface area contributed by atoms with E-state index in [2.05, 4.69) is 22.3 Å². The van der Waals surface area contributed by atoms with E-state index < -0.39 is 0 Å². The first-order valence-electron chi connectivity index (χ1n) is 6.32. The zero-order valence-corrected chi connectivity index (χ0v) is 12.0. The van der Waals surface area contributed by atoms with Gasteiger partial charge in [0, 0.05) is 36.3 Å². The Kier molecular flexibility index (Phi) is 4.76. The monoisotopic (exact) mass is 286 g/mol. The van der Waals surface area contributed by atoms with Gasteiger partial charge in [0.1, 0.15) is 5.82 Å². The van der Waals surface area contributed by atoms with E-state index >= 15 is 0 Å². The van der Waals surface area contributed by atoms with Crippen molar-refractivity contribution in [1.82, 2.24) is 15.2 Å². The van der Waals surface area contributed by atoms with Gasteiger partial charge < -0.3 is 4.90 Å². The molecular formula is C13H20ClFN4. The van der Waals surface area contributed by atoms with E-state index in [9.17, 15) is 4.39 Å². The molecule has 0 aromatic heterocycles. The molecule has 1 aliphatic rings. The minimum absolute atomic E-state index is 0.124. The van der Waals surface area contributed by atoms with Gasteiger partial charge in [-0.15, -0.1) is 0 Å². The summed E-state index contributed by atoms with van der Waals surface area (Å²) in [5.41, 5.74) is 3.30. The van der Waals surface area contributed by atoms with E-state index in [1.165, 1.54) is 6.07 Å². The van der Waals surface area contributed by atoms with Crippen LogP contribution in [0.1, 0.15) is 11.6 Å². The highest BCUT2D eigenvalue weighted by Gasteiger charge is 2.31. The Labute approximate surface area is 118 Å². The number of halogens is 2. The third kappa shape index (κ3) is 3.24. The van der Waals surface area contributed by atoms with Crippen LogP contribution in [0, 0.1) is 5.82 Å². The summed E-state index contributed by atoms with van der Waals surface area (Å²) in [4.78, 5) is 4.43. The third-order valence-electron chi connectivity index (χ3n) is 3.76. The summed E-state index contributed by atoms with van der Waals surface area (Å²) in [6.45, 7) is 2.79. The van der Waals surface area contributed by atoms with E-state index in [0.717, 1.165) is 19.6 Å². The van der Waals surface area contributed by atoms with Gasteiger partial charge in [-0.1, -0.05) is 17.7 Å². The lowest BCUT2D eigenvalue weighted by Crippen LogP contribution is -2.56. The standard InChI is InChI=1S/C13H20ClFN4/c1-18-5-6-19(2)12(8-18)13(17-16)10-4-3-9(14)7-11(10)15/h3-4,7,12-13,17H,5-6,8,16H2,1-2H3. The molecule has 1 saturated heterocycles. The van der Waals surface area contributed by atoms with Gasteiger partial charge in [0.2, 0.25) is 0 Å². The van der Waals surface area contributed by atoms with Crippen molar-refractivity contribution >= 4 is 11.6 Å². The largest absolute Gasteiger partial charge is 0.303 e. The van der Waals surface area contributed by atoms with Crippen LogP contribution < -0.4 is 11.3 Å². The fraction of sp³-hybridized carbons (Fsp3) is 0.538. The third-order valence-corrected chi connectivity index (χ3v) is 4.00. The zero-order valence-electron chi connectivity index (χ0n) is 11.2. The molecule has 19 heavy (non-hydrogen) atoms. The molecule has 0 spiro atoms. The molecule has 2 rings (SSSR count). The Morgan fingerprint density at radius 1 is 1.42 bits per heavy atom. The zero-order chi connectivity index (χ0) is 14.0. The van der Waals surface area contributed by atoms with Gasteiger partial charge >= 0.3 is 0 Å². The molecule has 1 aliphatic heterocycles. The number of nitrogens with zero attached hydrogens (tertiary/aromatic N) is 2. The number of benzene rings is 1. The molecule has 0 amide bonds. The van der Waals surface area contributed by atoms with Crippen LogP contribution >= 0.6 is 11.6 Å². The van der Waals surface area contributed by atoms with Gasteiger partial charge in [-0.25, -0.2) is 4.39 Å². The molecule has 2 unspecified atom stereocenters. The minimum atomic E-state index is -0.322. The Balaban J connectivity index is 2.27. The SMILES string of the molecule is CN1CCN(C)C(C(NN)c2ccc(Cl)cc2F)C1. The predicted molar refractivity (Wildman–Crippen MR) is 75.4 cm³/mol. The molecule has 1 fully saturated rings. The number of piperazine rings is 1. The van der Waals surface area contributed by atoms with Gasteiger partial charge in [-0.2, -0.15) is 0 Å². The molecular weight excluding hydrogens is 267 g/mol. The first-order chi connectivity index (χ1) is 9.02. The van der Waals surface area contributed by atoms with Crippen LogP contribution in [-0.4, -0.2) is 49.6 Å². The van der Waals surface area contributed by atoms with Gasteiger partial charge in [0.05, 0.1) is 6.04 Å². The lowest BCUT2D eigenvalue weighted by molar-refractivity contribution is 0.0867. The average Bonchev–Trinajstić information content (AvgIpc) is 2.36. The fourth-order valence-electron chi connectivity index (χ4n) is 2.57. The van der Waals surface area contributed by atoms with Gasteiger partial charge in [-0.05, 0) is 26.2 Å². The molecule has 106 valence electrons. The molecule has 0 saturated carbocycles. The van der Waals surface area contributed by atoms with Gasteiger partial charge in [0.25, 0.3) is 0 Å². The quantitative estimate of drug-likeness (QED) is 0.648. The summed E-state index contributed by atoms with van der Waals surface area (Å²) in [5.74, 6) is 5.33. The highest BCUT2D eigenvalue weighted by molar-refractivity contribution is 6.30. The number of hydrazine groups is 1. The number of rotatable bonds is 3. The van der Waals surface area contributed by atoms with Gasteiger partial charge in [0.15, 0.2) is 0 Å². The van der Waals surface area contributed by atoms with E-state index in [4.69, 9.17) is 17.4 Å². The van der Waals surface area contributed by atoms with E-state index in [-0.39, 0.29) is 17.9 Å². The molecule has 0 radical (unpaired) electrons.